The summed E-state index contributed by atoms with van der Waals surface area (Å²) < 4.78 is 1.00. The number of amides is 1. The molecule has 1 fully saturated rings. The number of carbonyl (C=O) groups is 1. The fourth-order valence-corrected chi connectivity index (χ4v) is 2.84. The molecular weight excluding hydrogens is 294 g/mol. The number of nitrogens with two attached hydrogens (primary N) is 1. The van der Waals surface area contributed by atoms with E-state index in [-0.39, 0.29) is 11.9 Å². The normalized spacial score (nSPS) is 19.8. The van der Waals surface area contributed by atoms with Crippen molar-refractivity contribution < 1.29 is 4.79 Å². The van der Waals surface area contributed by atoms with E-state index >= 15 is 0 Å². The fourth-order valence-electron chi connectivity index (χ4n) is 2.31. The molecule has 1 heterocycles. The third-order valence-electron chi connectivity index (χ3n) is 3.31. The molecule has 3 N–H and O–H groups in total. The lowest BCUT2D eigenvalue weighted by atomic mass is 10.1. The molecule has 0 saturated carbocycles. The first-order valence-corrected chi connectivity index (χ1v) is 6.99. The van der Waals surface area contributed by atoms with Gasteiger partial charge in [0.25, 0.3) is 0 Å². The van der Waals surface area contributed by atoms with Crippen molar-refractivity contribution in [1.29, 1.82) is 0 Å². The van der Waals surface area contributed by atoms with Crippen molar-refractivity contribution in [2.45, 2.75) is 25.9 Å². The lowest BCUT2D eigenvalue weighted by Crippen LogP contribution is -2.55. The summed E-state index contributed by atoms with van der Waals surface area (Å²) in [6, 6.07) is 6.02. The van der Waals surface area contributed by atoms with E-state index in [2.05, 4.69) is 26.1 Å². The number of benzene rings is 1. The van der Waals surface area contributed by atoms with Crippen LogP contribution in [0.4, 0.5) is 5.69 Å². The zero-order valence-corrected chi connectivity index (χ0v) is 12.0. The molecule has 0 aliphatic carbocycles. The lowest BCUT2D eigenvalue weighted by Gasteiger charge is -2.36. The monoisotopic (exact) mass is 311 g/mol. The van der Waals surface area contributed by atoms with Gasteiger partial charge < -0.3 is 16.0 Å². The highest BCUT2D eigenvalue weighted by molar-refractivity contribution is 9.10. The van der Waals surface area contributed by atoms with E-state index in [0.717, 1.165) is 28.7 Å². The zero-order valence-electron chi connectivity index (χ0n) is 10.4. The maximum absolute atomic E-state index is 11.8. The molecule has 1 aromatic rings. The highest BCUT2D eigenvalue weighted by Gasteiger charge is 2.28. The summed E-state index contributed by atoms with van der Waals surface area (Å²) >= 11 is 3.52. The van der Waals surface area contributed by atoms with Crippen LogP contribution in [0.3, 0.4) is 0 Å². The summed E-state index contributed by atoms with van der Waals surface area (Å²) in [6.07, 6.45) is 0.808. The molecule has 1 aliphatic rings. The number of nitrogens with zero attached hydrogens (tertiary/aromatic N) is 1. The lowest BCUT2D eigenvalue weighted by molar-refractivity contribution is -0.123. The van der Waals surface area contributed by atoms with Crippen molar-refractivity contribution in [3.05, 3.63) is 28.2 Å². The van der Waals surface area contributed by atoms with Gasteiger partial charge >= 0.3 is 0 Å². The SMILES string of the molecule is CCC1C(=O)NCCN1c1ccc(CN)c(Br)c1. The first-order valence-electron chi connectivity index (χ1n) is 6.20. The molecular formula is C13H18BrN3O. The Morgan fingerprint density at radius 3 is 2.94 bits per heavy atom. The first kappa shape index (κ1) is 13.4. The predicted octanol–water partition coefficient (Wildman–Crippen LogP) is 1.62. The second-order valence-corrected chi connectivity index (χ2v) is 5.24. The zero-order chi connectivity index (χ0) is 13.1. The number of piperazine rings is 1. The third-order valence-corrected chi connectivity index (χ3v) is 4.04. The molecule has 0 spiro atoms. The van der Waals surface area contributed by atoms with E-state index in [9.17, 15) is 4.79 Å². The topological polar surface area (TPSA) is 58.4 Å². The van der Waals surface area contributed by atoms with Gasteiger partial charge in [-0.05, 0) is 24.1 Å². The Labute approximate surface area is 116 Å². The van der Waals surface area contributed by atoms with Crippen molar-refractivity contribution >= 4 is 27.5 Å². The van der Waals surface area contributed by atoms with Crippen molar-refractivity contribution in [1.82, 2.24) is 5.32 Å². The Bertz CT molecular complexity index is 450. The minimum Gasteiger partial charge on any atom is -0.358 e. The average Bonchev–Trinajstić information content (AvgIpc) is 2.38. The van der Waals surface area contributed by atoms with Crippen molar-refractivity contribution in [2.75, 3.05) is 18.0 Å². The Hall–Kier alpha value is -1.07. The highest BCUT2D eigenvalue weighted by Crippen LogP contribution is 2.26. The van der Waals surface area contributed by atoms with Crippen LogP contribution in [0.5, 0.6) is 0 Å². The Morgan fingerprint density at radius 1 is 1.56 bits per heavy atom. The standard InChI is InChI=1S/C13H18BrN3O/c1-2-12-13(18)16-5-6-17(12)10-4-3-9(8-15)11(14)7-10/h3-4,7,12H,2,5-6,8,15H2,1H3,(H,16,18). The molecule has 18 heavy (non-hydrogen) atoms. The first-order chi connectivity index (χ1) is 8.67. The van der Waals surface area contributed by atoms with Crippen LogP contribution < -0.4 is 16.0 Å². The van der Waals surface area contributed by atoms with Gasteiger partial charge in [0.05, 0.1) is 0 Å². The van der Waals surface area contributed by atoms with Gasteiger partial charge in [-0.3, -0.25) is 4.79 Å². The number of halogens is 1. The molecule has 0 radical (unpaired) electrons. The van der Waals surface area contributed by atoms with Gasteiger partial charge in [-0.2, -0.15) is 0 Å². The maximum Gasteiger partial charge on any atom is 0.242 e. The largest absolute Gasteiger partial charge is 0.358 e. The minimum atomic E-state index is -0.0747. The Kier molecular flexibility index (Phi) is 4.24. The fraction of sp³-hybridized carbons (Fsp3) is 0.462. The van der Waals surface area contributed by atoms with Gasteiger partial charge in [0.2, 0.25) is 5.91 Å². The maximum atomic E-state index is 11.8. The molecule has 1 unspecified atom stereocenters. The van der Waals surface area contributed by atoms with Crippen molar-refractivity contribution in [2.24, 2.45) is 5.73 Å². The Balaban J connectivity index is 2.29. The molecule has 5 heteroatoms. The third kappa shape index (κ3) is 2.52. The molecule has 2 rings (SSSR count). The van der Waals surface area contributed by atoms with Crippen LogP contribution in [-0.4, -0.2) is 25.0 Å². The van der Waals surface area contributed by atoms with Crippen molar-refractivity contribution in [3.63, 3.8) is 0 Å². The van der Waals surface area contributed by atoms with Crippen LogP contribution >= 0.6 is 15.9 Å². The Morgan fingerprint density at radius 2 is 2.33 bits per heavy atom. The number of carbonyl (C=O) groups excluding carboxylic acids is 1. The van der Waals surface area contributed by atoms with Crippen LogP contribution in [0.25, 0.3) is 0 Å². The molecule has 0 aromatic heterocycles. The van der Waals surface area contributed by atoms with Gasteiger partial charge in [0, 0.05) is 29.8 Å². The summed E-state index contributed by atoms with van der Waals surface area (Å²) in [7, 11) is 0. The number of nitrogens with one attached hydrogen (secondary N) is 1. The predicted molar refractivity (Wildman–Crippen MR) is 76.5 cm³/mol. The highest BCUT2D eigenvalue weighted by atomic mass is 79.9. The number of hydrogen-bond acceptors (Lipinski definition) is 3. The van der Waals surface area contributed by atoms with Gasteiger partial charge in [0.1, 0.15) is 6.04 Å². The summed E-state index contributed by atoms with van der Waals surface area (Å²) in [5, 5.41) is 2.91. The molecule has 1 atom stereocenters. The smallest absolute Gasteiger partial charge is 0.242 e. The molecule has 1 amide bonds. The van der Waals surface area contributed by atoms with Gasteiger partial charge in [0.15, 0.2) is 0 Å². The molecule has 1 aromatic carbocycles. The molecule has 1 aliphatic heterocycles. The average molecular weight is 312 g/mol. The molecule has 1 saturated heterocycles. The number of hydrogen-bond donors (Lipinski definition) is 2. The van der Waals surface area contributed by atoms with Gasteiger partial charge in [-0.15, -0.1) is 0 Å². The van der Waals surface area contributed by atoms with Crippen LogP contribution in [0.2, 0.25) is 0 Å². The molecule has 0 bridgehead atoms. The number of rotatable bonds is 3. The van der Waals surface area contributed by atoms with Crippen LogP contribution in [0.15, 0.2) is 22.7 Å². The van der Waals surface area contributed by atoms with Crippen molar-refractivity contribution in [3.8, 4) is 0 Å². The molecule has 98 valence electrons. The second kappa shape index (κ2) is 5.71. The quantitative estimate of drug-likeness (QED) is 0.892. The van der Waals surface area contributed by atoms with E-state index in [1.165, 1.54) is 0 Å². The van der Waals surface area contributed by atoms with Crippen LogP contribution in [0.1, 0.15) is 18.9 Å². The van der Waals surface area contributed by atoms with E-state index in [0.29, 0.717) is 13.1 Å². The van der Waals surface area contributed by atoms with Crippen LogP contribution in [-0.2, 0) is 11.3 Å². The van der Waals surface area contributed by atoms with E-state index in [4.69, 9.17) is 5.73 Å². The number of anilines is 1. The summed E-state index contributed by atoms with van der Waals surface area (Å²) in [4.78, 5) is 14.0. The van der Waals surface area contributed by atoms with Gasteiger partial charge in [-0.1, -0.05) is 28.9 Å². The van der Waals surface area contributed by atoms with E-state index < -0.39 is 0 Å². The summed E-state index contributed by atoms with van der Waals surface area (Å²) in [5.74, 6) is 0.114. The van der Waals surface area contributed by atoms with E-state index in [1.807, 2.05) is 25.1 Å². The van der Waals surface area contributed by atoms with E-state index in [1.54, 1.807) is 0 Å². The summed E-state index contributed by atoms with van der Waals surface area (Å²) in [5.41, 5.74) is 7.79. The minimum absolute atomic E-state index is 0.0747. The summed E-state index contributed by atoms with van der Waals surface area (Å²) in [6.45, 7) is 4.09. The van der Waals surface area contributed by atoms with Crippen LogP contribution in [0, 0.1) is 0 Å². The van der Waals surface area contributed by atoms with Gasteiger partial charge in [-0.25, -0.2) is 0 Å². The second-order valence-electron chi connectivity index (χ2n) is 4.39. The molecule has 4 nitrogen and oxygen atoms in total.